The highest BCUT2D eigenvalue weighted by Gasteiger charge is 2.24. The highest BCUT2D eigenvalue weighted by atomic mass is 19.1. The fraction of sp³-hybridized carbons (Fsp3) is 0.233. The summed E-state index contributed by atoms with van der Waals surface area (Å²) in [6, 6.07) is 19.6. The summed E-state index contributed by atoms with van der Waals surface area (Å²) < 4.78 is 29.7. The van der Waals surface area contributed by atoms with Gasteiger partial charge in [-0.15, -0.1) is 0 Å². The number of hydrogen-bond acceptors (Lipinski definition) is 2. The summed E-state index contributed by atoms with van der Waals surface area (Å²) in [5.41, 5.74) is 6.53. The molecule has 3 N–H and O–H groups in total. The van der Waals surface area contributed by atoms with Crippen LogP contribution in [-0.2, 0) is 16.2 Å². The van der Waals surface area contributed by atoms with Gasteiger partial charge in [-0.05, 0) is 53.8 Å². The first-order valence-electron chi connectivity index (χ1n) is 12.6. The molecule has 5 aromatic rings. The fourth-order valence-corrected chi connectivity index (χ4v) is 5.00. The van der Waals surface area contributed by atoms with Crippen LogP contribution in [0.3, 0.4) is 0 Å². The minimum absolute atomic E-state index is 0.162. The highest BCUT2D eigenvalue weighted by Crippen LogP contribution is 2.39. The number of carbonyl (C=O) groups excluding carboxylic acids is 1. The number of fused-ring (bicyclic) bond motifs is 2. The van der Waals surface area contributed by atoms with Gasteiger partial charge in [0, 0.05) is 46.5 Å². The van der Waals surface area contributed by atoms with Gasteiger partial charge in [0.05, 0.1) is 6.61 Å². The van der Waals surface area contributed by atoms with Crippen molar-refractivity contribution in [2.75, 3.05) is 0 Å². The molecule has 5 nitrogen and oxygen atoms in total. The molecule has 0 aliphatic carbocycles. The average Bonchev–Trinajstić information content (AvgIpc) is 3.53. The molecule has 0 saturated heterocycles. The van der Waals surface area contributed by atoms with Gasteiger partial charge >= 0.3 is 0 Å². The van der Waals surface area contributed by atoms with Gasteiger partial charge < -0.3 is 9.97 Å². The Labute approximate surface area is 213 Å². The minimum atomic E-state index is -0.300. The van der Waals surface area contributed by atoms with Crippen LogP contribution >= 0.6 is 0 Å². The van der Waals surface area contributed by atoms with Gasteiger partial charge in [0.25, 0.3) is 0 Å². The lowest BCUT2D eigenvalue weighted by molar-refractivity contribution is -0.134. The number of H-pyrrole nitrogens is 2. The number of rotatable bonds is 11. The Morgan fingerprint density at radius 2 is 1.41 bits per heavy atom. The van der Waals surface area contributed by atoms with Crippen LogP contribution in [0.15, 0.2) is 79.1 Å². The van der Waals surface area contributed by atoms with Crippen LogP contribution in [0.4, 0.5) is 8.78 Å². The topological polar surface area (TPSA) is 69.9 Å². The molecule has 190 valence electrons. The van der Waals surface area contributed by atoms with E-state index < -0.39 is 0 Å². The van der Waals surface area contributed by atoms with Crippen LogP contribution in [0.25, 0.3) is 21.8 Å². The van der Waals surface area contributed by atoms with Crippen molar-refractivity contribution < 1.29 is 18.4 Å². The third-order valence-electron chi connectivity index (χ3n) is 6.79. The highest BCUT2D eigenvalue weighted by molar-refractivity contribution is 5.88. The molecule has 0 spiro atoms. The SMILES string of the molecule is O=C(CCCCCC(c1c[nH]c2cccc(F)c12)c1c[nH]c2cccc(F)c12)NOCc1ccccc1. The molecule has 5 rings (SSSR count). The van der Waals surface area contributed by atoms with Crippen LogP contribution < -0.4 is 5.48 Å². The maximum atomic E-state index is 14.9. The molecule has 0 aliphatic heterocycles. The summed E-state index contributed by atoms with van der Waals surface area (Å²) in [7, 11) is 0. The molecule has 0 fully saturated rings. The standard InChI is InChI=1S/C30H29F2N3O2/c31-24-12-7-14-26-29(24)22(17-33-26)21(23-18-34-27-15-8-13-25(32)30(23)27)11-5-2-6-16-28(36)35-37-19-20-9-3-1-4-10-20/h1,3-4,7-10,12-15,17-18,21,33-34H,2,5-6,11,16,19H2,(H,35,36). The van der Waals surface area contributed by atoms with E-state index in [1.165, 1.54) is 12.1 Å². The van der Waals surface area contributed by atoms with Gasteiger partial charge in [-0.25, -0.2) is 14.3 Å². The first kappa shape index (κ1) is 24.7. The molecule has 0 bridgehead atoms. The monoisotopic (exact) mass is 501 g/mol. The molecule has 7 heteroatoms. The second-order valence-corrected chi connectivity index (χ2v) is 9.26. The first-order valence-corrected chi connectivity index (χ1v) is 12.6. The third kappa shape index (κ3) is 5.57. The molecule has 0 radical (unpaired) electrons. The van der Waals surface area contributed by atoms with Gasteiger partial charge in [-0.1, -0.05) is 55.3 Å². The lowest BCUT2D eigenvalue weighted by Gasteiger charge is -2.17. The summed E-state index contributed by atoms with van der Waals surface area (Å²) in [6.07, 6.45) is 6.99. The van der Waals surface area contributed by atoms with Crippen molar-refractivity contribution in [2.24, 2.45) is 0 Å². The predicted octanol–water partition coefficient (Wildman–Crippen LogP) is 7.26. The number of benzene rings is 3. The summed E-state index contributed by atoms with van der Waals surface area (Å²) >= 11 is 0. The molecule has 2 heterocycles. The lowest BCUT2D eigenvalue weighted by Crippen LogP contribution is -2.23. The van der Waals surface area contributed by atoms with Crippen molar-refractivity contribution in [3.8, 4) is 0 Å². The van der Waals surface area contributed by atoms with E-state index in [-0.39, 0.29) is 23.5 Å². The smallest absolute Gasteiger partial charge is 0.243 e. The van der Waals surface area contributed by atoms with E-state index in [4.69, 9.17) is 4.84 Å². The van der Waals surface area contributed by atoms with E-state index in [9.17, 15) is 13.6 Å². The van der Waals surface area contributed by atoms with E-state index in [0.717, 1.165) is 29.5 Å². The van der Waals surface area contributed by atoms with Crippen molar-refractivity contribution in [2.45, 2.75) is 44.6 Å². The van der Waals surface area contributed by atoms with Crippen molar-refractivity contribution in [3.05, 3.63) is 107 Å². The molecule has 0 saturated carbocycles. The third-order valence-corrected chi connectivity index (χ3v) is 6.79. The molecule has 0 unspecified atom stereocenters. The number of amides is 1. The predicted molar refractivity (Wildman–Crippen MR) is 141 cm³/mol. The molecule has 1 amide bonds. The number of aromatic nitrogens is 2. The average molecular weight is 502 g/mol. The minimum Gasteiger partial charge on any atom is -0.361 e. The molecule has 2 aromatic heterocycles. The second kappa shape index (κ2) is 11.4. The van der Waals surface area contributed by atoms with Crippen LogP contribution in [0, 0.1) is 11.6 Å². The van der Waals surface area contributed by atoms with Gasteiger partial charge in [0.1, 0.15) is 11.6 Å². The number of hydroxylamine groups is 1. The van der Waals surface area contributed by atoms with E-state index in [2.05, 4.69) is 15.4 Å². The Balaban J connectivity index is 1.24. The van der Waals surface area contributed by atoms with E-state index in [0.29, 0.717) is 47.7 Å². The Kier molecular flexibility index (Phi) is 7.61. The maximum absolute atomic E-state index is 14.9. The number of halogens is 2. The normalized spacial score (nSPS) is 11.5. The summed E-state index contributed by atoms with van der Waals surface area (Å²) in [5, 5.41) is 1.07. The van der Waals surface area contributed by atoms with Crippen LogP contribution in [0.5, 0.6) is 0 Å². The van der Waals surface area contributed by atoms with Gasteiger partial charge in [-0.2, -0.15) is 0 Å². The van der Waals surface area contributed by atoms with Crippen molar-refractivity contribution >= 4 is 27.7 Å². The van der Waals surface area contributed by atoms with Crippen molar-refractivity contribution in [3.63, 3.8) is 0 Å². The van der Waals surface area contributed by atoms with Gasteiger partial charge in [-0.3, -0.25) is 9.63 Å². The first-order chi connectivity index (χ1) is 18.1. The molecular formula is C30H29F2N3O2. The molecule has 0 aliphatic rings. The Hall–Kier alpha value is -3.97. The van der Waals surface area contributed by atoms with Crippen LogP contribution in [0.2, 0.25) is 0 Å². The number of hydrogen-bond donors (Lipinski definition) is 3. The van der Waals surface area contributed by atoms with Gasteiger partial charge in [0.15, 0.2) is 0 Å². The number of aromatic amines is 2. The number of nitrogens with one attached hydrogen (secondary N) is 3. The molecule has 0 atom stereocenters. The zero-order valence-electron chi connectivity index (χ0n) is 20.4. The van der Waals surface area contributed by atoms with E-state index >= 15 is 0 Å². The summed E-state index contributed by atoms with van der Waals surface area (Å²) in [5.74, 6) is -0.971. The largest absolute Gasteiger partial charge is 0.361 e. The van der Waals surface area contributed by atoms with E-state index in [1.54, 1.807) is 12.1 Å². The maximum Gasteiger partial charge on any atom is 0.243 e. The van der Waals surface area contributed by atoms with Crippen molar-refractivity contribution in [1.82, 2.24) is 15.4 Å². The lowest BCUT2D eigenvalue weighted by atomic mass is 9.86. The molecular weight excluding hydrogens is 472 g/mol. The zero-order chi connectivity index (χ0) is 25.6. The fourth-order valence-electron chi connectivity index (χ4n) is 5.00. The van der Waals surface area contributed by atoms with Crippen molar-refractivity contribution in [1.29, 1.82) is 0 Å². The number of carbonyl (C=O) groups is 1. The quantitative estimate of drug-likeness (QED) is 0.132. The Morgan fingerprint density at radius 3 is 2.03 bits per heavy atom. The Morgan fingerprint density at radius 1 is 0.784 bits per heavy atom. The van der Waals surface area contributed by atoms with E-state index in [1.807, 2.05) is 54.9 Å². The number of unbranched alkanes of at least 4 members (excludes halogenated alkanes) is 2. The van der Waals surface area contributed by atoms with Crippen LogP contribution in [0.1, 0.15) is 54.7 Å². The Bertz CT molecular complexity index is 1410. The van der Waals surface area contributed by atoms with Crippen LogP contribution in [-0.4, -0.2) is 15.9 Å². The molecule has 37 heavy (non-hydrogen) atoms. The zero-order valence-corrected chi connectivity index (χ0v) is 20.4. The molecule has 3 aromatic carbocycles. The second-order valence-electron chi connectivity index (χ2n) is 9.26. The summed E-state index contributed by atoms with van der Waals surface area (Å²) in [6.45, 7) is 0.316. The summed E-state index contributed by atoms with van der Waals surface area (Å²) in [4.78, 5) is 23.8. The van der Waals surface area contributed by atoms with Gasteiger partial charge in [0.2, 0.25) is 5.91 Å².